The molecule has 5 nitrogen and oxygen atoms in total. The molecular weight excluding hydrogens is 250 g/mol. The molecule has 96 valence electrons. The van der Waals surface area contributed by atoms with E-state index in [0.717, 1.165) is 27.3 Å². The quantitative estimate of drug-likeness (QED) is 0.781. The lowest BCUT2D eigenvalue weighted by molar-refractivity contribution is -0.0754. The van der Waals surface area contributed by atoms with E-state index in [0.29, 0.717) is 4.88 Å². The third kappa shape index (κ3) is 1.97. The largest absolute Gasteiger partial charge is 0.287 e. The van der Waals surface area contributed by atoms with Gasteiger partial charge >= 0.3 is 0 Å². The summed E-state index contributed by atoms with van der Waals surface area (Å²) in [4.78, 5) is 27.3. The number of amides is 1. The molecule has 0 atom stereocenters. The Hall–Kier alpha value is -1.53. The maximum Gasteiger partial charge on any atom is 0.287 e. The third-order valence-electron chi connectivity index (χ3n) is 2.84. The zero-order chi connectivity index (χ0) is 13.4. The van der Waals surface area contributed by atoms with E-state index in [1.807, 2.05) is 20.8 Å². The van der Waals surface area contributed by atoms with Gasteiger partial charge in [0.05, 0.1) is 7.11 Å². The summed E-state index contributed by atoms with van der Waals surface area (Å²) in [7, 11) is 3.06. The molecule has 0 aliphatic heterocycles. The van der Waals surface area contributed by atoms with E-state index >= 15 is 0 Å². The van der Waals surface area contributed by atoms with Gasteiger partial charge in [0.25, 0.3) is 5.91 Å². The average molecular weight is 265 g/mol. The van der Waals surface area contributed by atoms with Gasteiger partial charge in [-0.05, 0) is 26.3 Å². The van der Waals surface area contributed by atoms with Gasteiger partial charge in [-0.3, -0.25) is 9.63 Å². The summed E-state index contributed by atoms with van der Waals surface area (Å²) in [6, 6.07) is 0. The van der Waals surface area contributed by atoms with E-state index in [9.17, 15) is 4.79 Å². The number of nitrogens with zero attached hydrogens (tertiary/aromatic N) is 3. The number of carbonyl (C=O) groups is 1. The molecule has 0 aliphatic carbocycles. The van der Waals surface area contributed by atoms with Crippen LogP contribution in [0.15, 0.2) is 0 Å². The van der Waals surface area contributed by atoms with Crippen LogP contribution in [0.1, 0.15) is 26.8 Å². The monoisotopic (exact) mass is 265 g/mol. The van der Waals surface area contributed by atoms with E-state index < -0.39 is 0 Å². The Morgan fingerprint density at radius 2 is 1.94 bits per heavy atom. The van der Waals surface area contributed by atoms with Crippen molar-refractivity contribution in [3.63, 3.8) is 0 Å². The molecule has 1 amide bonds. The SMILES string of the molecule is CON(C)C(=O)c1sc2nc(C)nc(C)c2c1C. The summed E-state index contributed by atoms with van der Waals surface area (Å²) >= 11 is 1.38. The Morgan fingerprint density at radius 1 is 1.28 bits per heavy atom. The van der Waals surface area contributed by atoms with E-state index in [1.165, 1.54) is 23.5 Å². The predicted molar refractivity (Wildman–Crippen MR) is 70.7 cm³/mol. The summed E-state index contributed by atoms with van der Waals surface area (Å²) in [6.45, 7) is 5.70. The molecule has 0 unspecified atom stereocenters. The fourth-order valence-electron chi connectivity index (χ4n) is 1.90. The average Bonchev–Trinajstić information content (AvgIpc) is 2.64. The third-order valence-corrected chi connectivity index (χ3v) is 4.01. The van der Waals surface area contributed by atoms with Crippen LogP contribution < -0.4 is 0 Å². The topological polar surface area (TPSA) is 55.3 Å². The summed E-state index contributed by atoms with van der Waals surface area (Å²) in [5.74, 6) is 0.565. The molecule has 6 heteroatoms. The molecule has 0 spiro atoms. The molecule has 0 aromatic carbocycles. The zero-order valence-corrected chi connectivity index (χ0v) is 11.9. The van der Waals surface area contributed by atoms with Gasteiger partial charge in [-0.15, -0.1) is 11.3 Å². The number of aryl methyl sites for hydroxylation is 3. The fourth-order valence-corrected chi connectivity index (χ4v) is 3.15. The van der Waals surface area contributed by atoms with Crippen molar-refractivity contribution < 1.29 is 9.63 Å². The molecule has 0 saturated carbocycles. The van der Waals surface area contributed by atoms with Crippen LogP contribution in [0.2, 0.25) is 0 Å². The molecule has 0 fully saturated rings. The summed E-state index contributed by atoms with van der Waals surface area (Å²) in [5, 5.41) is 2.19. The van der Waals surface area contributed by atoms with Crippen molar-refractivity contribution in [3.05, 3.63) is 22.0 Å². The molecule has 2 aromatic rings. The van der Waals surface area contributed by atoms with Crippen molar-refractivity contribution in [1.29, 1.82) is 0 Å². The summed E-state index contributed by atoms with van der Waals surface area (Å²) in [6.07, 6.45) is 0. The standard InChI is InChI=1S/C12H15N3O2S/c1-6-9-7(2)13-8(3)14-11(9)18-10(6)12(16)15(4)17-5/h1-5H3. The second-order valence-corrected chi connectivity index (χ2v) is 5.08. The van der Waals surface area contributed by atoms with E-state index in [-0.39, 0.29) is 5.91 Å². The number of thiophene rings is 1. The van der Waals surface area contributed by atoms with Crippen molar-refractivity contribution in [2.45, 2.75) is 20.8 Å². The van der Waals surface area contributed by atoms with Crippen LogP contribution in [-0.2, 0) is 4.84 Å². The lowest BCUT2D eigenvalue weighted by atomic mass is 10.1. The molecule has 2 rings (SSSR count). The van der Waals surface area contributed by atoms with Crippen molar-refractivity contribution in [2.24, 2.45) is 0 Å². The number of hydrogen-bond donors (Lipinski definition) is 0. The van der Waals surface area contributed by atoms with Crippen molar-refractivity contribution in [1.82, 2.24) is 15.0 Å². The molecule has 0 N–H and O–H groups in total. The minimum absolute atomic E-state index is 0.157. The maximum atomic E-state index is 12.1. The first kappa shape index (κ1) is 12.9. The van der Waals surface area contributed by atoms with Crippen LogP contribution >= 0.6 is 11.3 Å². The first-order valence-corrected chi connectivity index (χ1v) is 6.33. The highest BCUT2D eigenvalue weighted by Crippen LogP contribution is 2.31. The molecule has 0 radical (unpaired) electrons. The number of hydroxylamine groups is 2. The normalized spacial score (nSPS) is 10.9. The lowest BCUT2D eigenvalue weighted by Crippen LogP contribution is -2.25. The highest BCUT2D eigenvalue weighted by atomic mass is 32.1. The number of fused-ring (bicyclic) bond motifs is 1. The van der Waals surface area contributed by atoms with Gasteiger partial charge in [0, 0.05) is 18.1 Å². The molecular formula is C12H15N3O2S. The van der Waals surface area contributed by atoms with Gasteiger partial charge in [-0.1, -0.05) is 0 Å². The predicted octanol–water partition coefficient (Wildman–Crippen LogP) is 2.25. The van der Waals surface area contributed by atoms with E-state index in [4.69, 9.17) is 4.84 Å². The zero-order valence-electron chi connectivity index (χ0n) is 11.1. The molecule has 0 saturated heterocycles. The second kappa shape index (κ2) is 4.62. The van der Waals surface area contributed by atoms with Gasteiger partial charge in [0.15, 0.2) is 0 Å². The second-order valence-electron chi connectivity index (χ2n) is 4.08. The Bertz CT molecular complexity index is 621. The Balaban J connectivity index is 2.64. The summed E-state index contributed by atoms with van der Waals surface area (Å²) < 4.78 is 0. The highest BCUT2D eigenvalue weighted by molar-refractivity contribution is 7.20. The van der Waals surface area contributed by atoms with Crippen molar-refractivity contribution in [2.75, 3.05) is 14.2 Å². The number of rotatable bonds is 2. The molecule has 2 aromatic heterocycles. The summed E-state index contributed by atoms with van der Waals surface area (Å²) in [5.41, 5.74) is 1.83. The molecule has 2 heterocycles. The number of carbonyl (C=O) groups excluding carboxylic acids is 1. The van der Waals surface area contributed by atoms with Crippen LogP contribution in [0.3, 0.4) is 0 Å². The smallest absolute Gasteiger partial charge is 0.274 e. The lowest BCUT2D eigenvalue weighted by Gasteiger charge is -2.12. The van der Waals surface area contributed by atoms with Gasteiger partial charge in [0.1, 0.15) is 15.5 Å². The number of aromatic nitrogens is 2. The van der Waals surface area contributed by atoms with Crippen LogP contribution in [0, 0.1) is 20.8 Å². The molecule has 0 aliphatic rings. The molecule has 0 bridgehead atoms. The van der Waals surface area contributed by atoms with Crippen molar-refractivity contribution in [3.8, 4) is 0 Å². The van der Waals surface area contributed by atoms with E-state index in [1.54, 1.807) is 7.05 Å². The van der Waals surface area contributed by atoms with E-state index in [2.05, 4.69) is 9.97 Å². The van der Waals surface area contributed by atoms with Gasteiger partial charge in [-0.25, -0.2) is 15.0 Å². The Morgan fingerprint density at radius 3 is 2.56 bits per heavy atom. The highest BCUT2D eigenvalue weighted by Gasteiger charge is 2.21. The first-order valence-electron chi connectivity index (χ1n) is 5.52. The molecule has 18 heavy (non-hydrogen) atoms. The van der Waals surface area contributed by atoms with Crippen LogP contribution in [0.5, 0.6) is 0 Å². The first-order chi connectivity index (χ1) is 8.45. The maximum absolute atomic E-state index is 12.1. The van der Waals surface area contributed by atoms with Gasteiger partial charge < -0.3 is 0 Å². The Labute approximate surface area is 109 Å². The minimum atomic E-state index is -0.157. The van der Waals surface area contributed by atoms with Gasteiger partial charge in [0.2, 0.25) is 0 Å². The van der Waals surface area contributed by atoms with Crippen LogP contribution in [0.4, 0.5) is 0 Å². The van der Waals surface area contributed by atoms with Crippen LogP contribution in [0.25, 0.3) is 10.2 Å². The van der Waals surface area contributed by atoms with Crippen molar-refractivity contribution >= 4 is 27.5 Å². The Kier molecular flexibility index (Phi) is 3.32. The minimum Gasteiger partial charge on any atom is -0.274 e. The number of hydrogen-bond acceptors (Lipinski definition) is 5. The van der Waals surface area contributed by atoms with Crippen LogP contribution in [-0.4, -0.2) is 35.1 Å². The fraction of sp³-hybridized carbons (Fsp3) is 0.417. The van der Waals surface area contributed by atoms with Gasteiger partial charge in [-0.2, -0.15) is 0 Å².